The van der Waals surface area contributed by atoms with Crippen LogP contribution in [-0.2, 0) is 13.1 Å². The first-order valence-corrected chi connectivity index (χ1v) is 6.21. The summed E-state index contributed by atoms with van der Waals surface area (Å²) >= 11 is 0. The molecule has 4 nitrogen and oxygen atoms in total. The number of rotatable bonds is 4. The molecular formula is C15H15N3O. The molecule has 19 heavy (non-hydrogen) atoms. The topological polar surface area (TPSA) is 57.0 Å². The molecule has 0 amide bonds. The second kappa shape index (κ2) is 5.12. The molecule has 3 aromatic rings. The molecule has 2 aromatic heterocycles. The molecule has 0 atom stereocenters. The van der Waals surface area contributed by atoms with Crippen molar-refractivity contribution in [2.45, 2.75) is 13.1 Å². The number of nitrogens with zero attached hydrogens (tertiary/aromatic N) is 2. The summed E-state index contributed by atoms with van der Waals surface area (Å²) in [4.78, 5) is 4.41. The van der Waals surface area contributed by atoms with Crippen LogP contribution in [0, 0.1) is 0 Å². The predicted octanol–water partition coefficient (Wildman–Crippen LogP) is 2.65. The molecule has 0 aliphatic heterocycles. The summed E-state index contributed by atoms with van der Waals surface area (Å²) in [7, 11) is 0. The summed E-state index contributed by atoms with van der Waals surface area (Å²) in [6, 6.07) is 14.0. The fraction of sp³-hybridized carbons (Fsp3) is 0.133. The normalized spacial score (nSPS) is 10.8. The van der Waals surface area contributed by atoms with Gasteiger partial charge >= 0.3 is 0 Å². The molecule has 0 saturated heterocycles. The summed E-state index contributed by atoms with van der Waals surface area (Å²) < 4.78 is 7.69. The highest BCUT2D eigenvalue weighted by Crippen LogP contribution is 2.18. The molecular weight excluding hydrogens is 238 g/mol. The SMILES string of the molecule is NCc1ccc(Cn2ccnc2-c2ccccc2)o1. The lowest BCUT2D eigenvalue weighted by molar-refractivity contribution is 0.456. The zero-order chi connectivity index (χ0) is 13.1. The van der Waals surface area contributed by atoms with Gasteiger partial charge in [-0.1, -0.05) is 30.3 Å². The third-order valence-electron chi connectivity index (χ3n) is 2.99. The summed E-state index contributed by atoms with van der Waals surface area (Å²) in [5.74, 6) is 2.62. The number of hydrogen-bond donors (Lipinski definition) is 1. The maximum atomic E-state index is 5.62. The first-order valence-electron chi connectivity index (χ1n) is 6.21. The van der Waals surface area contributed by atoms with Crippen LogP contribution in [0.1, 0.15) is 11.5 Å². The van der Waals surface area contributed by atoms with Crippen LogP contribution in [0.15, 0.2) is 59.3 Å². The maximum absolute atomic E-state index is 5.62. The van der Waals surface area contributed by atoms with Gasteiger partial charge in [-0.2, -0.15) is 0 Å². The molecule has 0 radical (unpaired) electrons. The van der Waals surface area contributed by atoms with Crippen LogP contribution in [0.3, 0.4) is 0 Å². The standard InChI is InChI=1S/C15H15N3O/c16-10-13-6-7-14(19-13)11-18-9-8-17-15(18)12-4-2-1-3-5-12/h1-9H,10-11,16H2. The quantitative estimate of drug-likeness (QED) is 0.777. The largest absolute Gasteiger partial charge is 0.463 e. The average Bonchev–Trinajstić information content (AvgIpc) is 3.09. The molecule has 0 aliphatic rings. The van der Waals surface area contributed by atoms with Crippen LogP contribution < -0.4 is 5.73 Å². The zero-order valence-corrected chi connectivity index (χ0v) is 10.5. The maximum Gasteiger partial charge on any atom is 0.140 e. The number of benzene rings is 1. The predicted molar refractivity (Wildman–Crippen MR) is 73.4 cm³/mol. The van der Waals surface area contributed by atoms with E-state index in [1.807, 2.05) is 48.7 Å². The Balaban J connectivity index is 1.88. The minimum Gasteiger partial charge on any atom is -0.463 e. The van der Waals surface area contributed by atoms with E-state index in [-0.39, 0.29) is 0 Å². The molecule has 4 heteroatoms. The van der Waals surface area contributed by atoms with Gasteiger partial charge in [0.15, 0.2) is 0 Å². The van der Waals surface area contributed by atoms with Gasteiger partial charge in [0.05, 0.1) is 13.1 Å². The van der Waals surface area contributed by atoms with Crippen molar-refractivity contribution in [3.8, 4) is 11.4 Å². The molecule has 3 rings (SSSR count). The Hall–Kier alpha value is -2.33. The van der Waals surface area contributed by atoms with Crippen LogP contribution >= 0.6 is 0 Å². The van der Waals surface area contributed by atoms with Crippen molar-refractivity contribution in [3.05, 3.63) is 66.4 Å². The Labute approximate surface area is 111 Å². The second-order valence-electron chi connectivity index (χ2n) is 4.32. The van der Waals surface area contributed by atoms with E-state index in [0.717, 1.165) is 22.9 Å². The van der Waals surface area contributed by atoms with E-state index in [9.17, 15) is 0 Å². The Morgan fingerprint density at radius 1 is 1.05 bits per heavy atom. The fourth-order valence-corrected chi connectivity index (χ4v) is 2.07. The van der Waals surface area contributed by atoms with Gasteiger partial charge in [-0.25, -0.2) is 4.98 Å². The third-order valence-corrected chi connectivity index (χ3v) is 2.99. The van der Waals surface area contributed by atoms with Crippen molar-refractivity contribution in [2.24, 2.45) is 5.73 Å². The highest BCUT2D eigenvalue weighted by atomic mass is 16.3. The zero-order valence-electron chi connectivity index (χ0n) is 10.5. The van der Waals surface area contributed by atoms with Crippen molar-refractivity contribution >= 4 is 0 Å². The molecule has 0 bridgehead atoms. The van der Waals surface area contributed by atoms with Crippen molar-refractivity contribution in [3.63, 3.8) is 0 Å². The van der Waals surface area contributed by atoms with Crippen LogP contribution in [0.2, 0.25) is 0 Å². The van der Waals surface area contributed by atoms with Gasteiger partial charge in [0, 0.05) is 18.0 Å². The second-order valence-corrected chi connectivity index (χ2v) is 4.32. The van der Waals surface area contributed by atoms with Crippen LogP contribution in [0.25, 0.3) is 11.4 Å². The van der Waals surface area contributed by atoms with Gasteiger partial charge in [0.25, 0.3) is 0 Å². The van der Waals surface area contributed by atoms with E-state index in [0.29, 0.717) is 13.1 Å². The smallest absolute Gasteiger partial charge is 0.140 e. The van der Waals surface area contributed by atoms with Crippen molar-refractivity contribution in [1.82, 2.24) is 9.55 Å². The van der Waals surface area contributed by atoms with Gasteiger partial charge < -0.3 is 14.7 Å². The molecule has 0 saturated carbocycles. The van der Waals surface area contributed by atoms with Gasteiger partial charge in [-0.05, 0) is 12.1 Å². The number of nitrogens with two attached hydrogens (primary N) is 1. The molecule has 2 heterocycles. The lowest BCUT2D eigenvalue weighted by Crippen LogP contribution is -2.00. The molecule has 0 spiro atoms. The lowest BCUT2D eigenvalue weighted by Gasteiger charge is -2.06. The van der Waals surface area contributed by atoms with E-state index in [1.165, 1.54) is 0 Å². The Morgan fingerprint density at radius 3 is 2.58 bits per heavy atom. The molecule has 0 unspecified atom stereocenters. The molecule has 1 aromatic carbocycles. The van der Waals surface area contributed by atoms with Crippen molar-refractivity contribution in [1.29, 1.82) is 0 Å². The Bertz CT molecular complexity index is 655. The van der Waals surface area contributed by atoms with E-state index in [4.69, 9.17) is 10.2 Å². The minimum atomic E-state index is 0.426. The minimum absolute atomic E-state index is 0.426. The van der Waals surface area contributed by atoms with E-state index in [2.05, 4.69) is 9.55 Å². The van der Waals surface area contributed by atoms with Gasteiger partial charge in [0.2, 0.25) is 0 Å². The number of hydrogen-bond acceptors (Lipinski definition) is 3. The lowest BCUT2D eigenvalue weighted by atomic mass is 10.2. The Kier molecular flexibility index (Phi) is 3.16. The van der Waals surface area contributed by atoms with Gasteiger partial charge in [-0.3, -0.25) is 0 Å². The average molecular weight is 253 g/mol. The van der Waals surface area contributed by atoms with Gasteiger partial charge in [-0.15, -0.1) is 0 Å². The van der Waals surface area contributed by atoms with E-state index in [1.54, 1.807) is 6.20 Å². The number of aromatic nitrogens is 2. The van der Waals surface area contributed by atoms with Crippen LogP contribution in [-0.4, -0.2) is 9.55 Å². The summed E-state index contributed by atoms with van der Waals surface area (Å²) in [5.41, 5.74) is 6.64. The van der Waals surface area contributed by atoms with Crippen molar-refractivity contribution in [2.75, 3.05) is 0 Å². The molecule has 96 valence electrons. The number of imidazole rings is 1. The first kappa shape index (κ1) is 11.7. The summed E-state index contributed by atoms with van der Waals surface area (Å²) in [6.45, 7) is 1.08. The summed E-state index contributed by atoms with van der Waals surface area (Å²) in [5, 5.41) is 0. The first-order chi connectivity index (χ1) is 9.36. The van der Waals surface area contributed by atoms with Crippen LogP contribution in [0.4, 0.5) is 0 Å². The van der Waals surface area contributed by atoms with Crippen LogP contribution in [0.5, 0.6) is 0 Å². The molecule has 2 N–H and O–H groups in total. The van der Waals surface area contributed by atoms with Gasteiger partial charge in [0.1, 0.15) is 17.3 Å². The van der Waals surface area contributed by atoms with Crippen molar-refractivity contribution < 1.29 is 4.42 Å². The summed E-state index contributed by atoms with van der Waals surface area (Å²) in [6.07, 6.45) is 3.75. The van der Waals surface area contributed by atoms with E-state index < -0.39 is 0 Å². The highest BCUT2D eigenvalue weighted by Gasteiger charge is 2.08. The fourth-order valence-electron chi connectivity index (χ4n) is 2.07. The third kappa shape index (κ3) is 2.44. The molecule has 0 aliphatic carbocycles. The molecule has 0 fully saturated rings. The monoisotopic (exact) mass is 253 g/mol. The van der Waals surface area contributed by atoms with E-state index >= 15 is 0 Å². The number of furan rings is 1. The highest BCUT2D eigenvalue weighted by molar-refractivity contribution is 5.55. The Morgan fingerprint density at radius 2 is 1.84 bits per heavy atom.